The summed E-state index contributed by atoms with van der Waals surface area (Å²) in [6.45, 7) is 6.24. The van der Waals surface area contributed by atoms with Crippen molar-refractivity contribution < 1.29 is 4.79 Å². The molecule has 110 valence electrons. The molecule has 2 fully saturated rings. The number of carbonyl (C=O) groups excluding carboxylic acids is 1. The fourth-order valence-corrected chi connectivity index (χ4v) is 3.90. The van der Waals surface area contributed by atoms with Crippen LogP contribution < -0.4 is 0 Å². The fourth-order valence-electron chi connectivity index (χ4n) is 3.21. The van der Waals surface area contributed by atoms with Crippen molar-refractivity contribution in [2.45, 2.75) is 18.9 Å². The van der Waals surface area contributed by atoms with Gasteiger partial charge in [0.1, 0.15) is 0 Å². The Labute approximate surface area is 125 Å². The summed E-state index contributed by atoms with van der Waals surface area (Å²) in [5.41, 5.74) is 0. The summed E-state index contributed by atoms with van der Waals surface area (Å²) in [5.74, 6) is 0.211. The summed E-state index contributed by atoms with van der Waals surface area (Å²) in [5, 5.41) is 1.97. The van der Waals surface area contributed by atoms with Crippen molar-refractivity contribution in [3.05, 3.63) is 22.4 Å². The van der Waals surface area contributed by atoms with E-state index in [0.29, 0.717) is 0 Å². The quantitative estimate of drug-likeness (QED) is 0.829. The van der Waals surface area contributed by atoms with Crippen LogP contribution in [-0.2, 0) is 0 Å². The average Bonchev–Trinajstić information content (AvgIpc) is 3.02. The fraction of sp³-hybridized carbons (Fsp3) is 0.667. The Morgan fingerprint density at radius 1 is 1.15 bits per heavy atom. The van der Waals surface area contributed by atoms with Crippen molar-refractivity contribution in [2.75, 3.05) is 46.3 Å². The lowest BCUT2D eigenvalue weighted by Crippen LogP contribution is -2.54. The number of amides is 1. The molecule has 4 nitrogen and oxygen atoms in total. The summed E-state index contributed by atoms with van der Waals surface area (Å²) < 4.78 is 0. The summed E-state index contributed by atoms with van der Waals surface area (Å²) >= 11 is 1.54. The Morgan fingerprint density at radius 3 is 2.45 bits per heavy atom. The number of piperidine rings is 1. The van der Waals surface area contributed by atoms with Crippen molar-refractivity contribution in [1.82, 2.24) is 14.7 Å². The highest BCUT2D eigenvalue weighted by atomic mass is 32.1. The van der Waals surface area contributed by atoms with Gasteiger partial charge < -0.3 is 9.80 Å². The van der Waals surface area contributed by atoms with E-state index in [-0.39, 0.29) is 5.91 Å². The molecule has 0 aromatic carbocycles. The smallest absolute Gasteiger partial charge is 0.264 e. The zero-order valence-corrected chi connectivity index (χ0v) is 12.9. The molecule has 2 aliphatic rings. The van der Waals surface area contributed by atoms with Crippen LogP contribution >= 0.6 is 11.3 Å². The van der Waals surface area contributed by atoms with Crippen LogP contribution in [0.15, 0.2) is 17.5 Å². The van der Waals surface area contributed by atoms with Crippen molar-refractivity contribution in [3.8, 4) is 0 Å². The highest BCUT2D eigenvalue weighted by Crippen LogP contribution is 2.19. The first-order chi connectivity index (χ1) is 9.74. The molecule has 20 heavy (non-hydrogen) atoms. The molecule has 0 N–H and O–H groups in total. The van der Waals surface area contributed by atoms with Crippen molar-refractivity contribution in [2.24, 2.45) is 0 Å². The van der Waals surface area contributed by atoms with Gasteiger partial charge in [-0.25, -0.2) is 0 Å². The predicted molar refractivity (Wildman–Crippen MR) is 82.3 cm³/mol. The lowest BCUT2D eigenvalue weighted by Gasteiger charge is -2.42. The monoisotopic (exact) mass is 293 g/mol. The maximum absolute atomic E-state index is 12.3. The van der Waals surface area contributed by atoms with Gasteiger partial charge in [-0.1, -0.05) is 6.07 Å². The molecule has 2 saturated heterocycles. The van der Waals surface area contributed by atoms with Crippen molar-refractivity contribution in [1.29, 1.82) is 0 Å². The topological polar surface area (TPSA) is 26.8 Å². The van der Waals surface area contributed by atoms with Crippen LogP contribution in [0.3, 0.4) is 0 Å². The first kappa shape index (κ1) is 14.0. The van der Waals surface area contributed by atoms with E-state index in [1.165, 1.54) is 25.9 Å². The zero-order valence-electron chi connectivity index (χ0n) is 12.1. The molecule has 3 rings (SSSR count). The molecule has 0 saturated carbocycles. The third-order valence-electron chi connectivity index (χ3n) is 4.54. The molecule has 0 aliphatic carbocycles. The van der Waals surface area contributed by atoms with Gasteiger partial charge >= 0.3 is 0 Å². The lowest BCUT2D eigenvalue weighted by molar-refractivity contribution is 0.0478. The zero-order chi connectivity index (χ0) is 13.9. The van der Waals surface area contributed by atoms with Crippen LogP contribution in [0, 0.1) is 0 Å². The van der Waals surface area contributed by atoms with E-state index < -0.39 is 0 Å². The number of hydrogen-bond donors (Lipinski definition) is 0. The van der Waals surface area contributed by atoms with E-state index in [1.807, 2.05) is 22.4 Å². The third kappa shape index (κ3) is 3.05. The normalized spacial score (nSPS) is 23.1. The van der Waals surface area contributed by atoms with Crippen LogP contribution in [0.4, 0.5) is 0 Å². The number of carbonyl (C=O) groups is 1. The second-order valence-corrected chi connectivity index (χ2v) is 6.79. The molecule has 0 bridgehead atoms. The molecule has 0 spiro atoms. The predicted octanol–water partition coefficient (Wildman–Crippen LogP) is 1.60. The van der Waals surface area contributed by atoms with E-state index in [4.69, 9.17) is 0 Å². The summed E-state index contributed by atoms with van der Waals surface area (Å²) in [4.78, 5) is 20.2. The van der Waals surface area contributed by atoms with Gasteiger partial charge in [0.15, 0.2) is 0 Å². The van der Waals surface area contributed by atoms with Gasteiger partial charge in [0.25, 0.3) is 5.91 Å². The minimum Gasteiger partial charge on any atom is -0.335 e. The van der Waals surface area contributed by atoms with E-state index in [1.54, 1.807) is 11.3 Å². The summed E-state index contributed by atoms with van der Waals surface area (Å²) in [6.07, 6.45) is 2.55. The summed E-state index contributed by atoms with van der Waals surface area (Å²) in [7, 11) is 2.20. The minimum atomic E-state index is 0.211. The molecular weight excluding hydrogens is 270 g/mol. The molecule has 1 aromatic heterocycles. The van der Waals surface area contributed by atoms with E-state index in [9.17, 15) is 4.79 Å². The van der Waals surface area contributed by atoms with Gasteiger partial charge in [-0.15, -0.1) is 11.3 Å². The van der Waals surface area contributed by atoms with Gasteiger partial charge in [-0.05, 0) is 44.4 Å². The minimum absolute atomic E-state index is 0.211. The largest absolute Gasteiger partial charge is 0.335 e. The van der Waals surface area contributed by atoms with Crippen molar-refractivity contribution >= 4 is 17.2 Å². The third-order valence-corrected chi connectivity index (χ3v) is 5.40. The van der Waals surface area contributed by atoms with E-state index in [0.717, 1.165) is 37.1 Å². The lowest BCUT2D eigenvalue weighted by atomic mass is 10.0. The number of rotatable bonds is 2. The van der Waals surface area contributed by atoms with Crippen LogP contribution in [0.5, 0.6) is 0 Å². The Morgan fingerprint density at radius 2 is 1.85 bits per heavy atom. The van der Waals surface area contributed by atoms with E-state index >= 15 is 0 Å². The van der Waals surface area contributed by atoms with Crippen LogP contribution in [0.25, 0.3) is 0 Å². The molecule has 5 heteroatoms. The number of nitrogens with zero attached hydrogens (tertiary/aromatic N) is 3. The Bertz CT molecular complexity index is 432. The molecule has 1 amide bonds. The van der Waals surface area contributed by atoms with Crippen LogP contribution in [-0.4, -0.2) is 73.0 Å². The van der Waals surface area contributed by atoms with Gasteiger partial charge in [0.05, 0.1) is 4.88 Å². The molecule has 0 radical (unpaired) electrons. The maximum Gasteiger partial charge on any atom is 0.264 e. The number of thiophene rings is 1. The second-order valence-electron chi connectivity index (χ2n) is 5.84. The van der Waals surface area contributed by atoms with Crippen LogP contribution in [0.2, 0.25) is 0 Å². The van der Waals surface area contributed by atoms with Crippen LogP contribution in [0.1, 0.15) is 22.5 Å². The second kappa shape index (κ2) is 6.24. The number of piperazine rings is 1. The van der Waals surface area contributed by atoms with Gasteiger partial charge in [0.2, 0.25) is 0 Å². The first-order valence-electron chi connectivity index (χ1n) is 7.49. The SMILES string of the molecule is CN1CCC(N2CCN(C(=O)c3cccs3)CC2)CC1. The first-order valence-corrected chi connectivity index (χ1v) is 8.37. The van der Waals surface area contributed by atoms with Gasteiger partial charge in [0, 0.05) is 32.2 Å². The molecule has 3 heterocycles. The molecule has 0 atom stereocenters. The molecule has 2 aliphatic heterocycles. The van der Waals surface area contributed by atoms with Gasteiger partial charge in [-0.3, -0.25) is 9.69 Å². The molecule has 0 unspecified atom stereocenters. The Balaban J connectivity index is 1.51. The van der Waals surface area contributed by atoms with Crippen molar-refractivity contribution in [3.63, 3.8) is 0 Å². The number of likely N-dealkylation sites (tertiary alicyclic amines) is 1. The highest BCUT2D eigenvalue weighted by Gasteiger charge is 2.28. The van der Waals surface area contributed by atoms with Gasteiger partial charge in [-0.2, -0.15) is 0 Å². The molecule has 1 aromatic rings. The van der Waals surface area contributed by atoms with E-state index in [2.05, 4.69) is 16.8 Å². The molecular formula is C15H23N3OS. The number of hydrogen-bond acceptors (Lipinski definition) is 4. The Kier molecular flexibility index (Phi) is 4.38. The Hall–Kier alpha value is -0.910. The maximum atomic E-state index is 12.3. The standard InChI is InChI=1S/C15H23N3OS/c1-16-6-4-13(5-7-16)17-8-10-18(11-9-17)15(19)14-3-2-12-20-14/h2-3,12-13H,4-11H2,1H3. The average molecular weight is 293 g/mol. The summed E-state index contributed by atoms with van der Waals surface area (Å²) in [6, 6.07) is 4.61. The highest BCUT2D eigenvalue weighted by molar-refractivity contribution is 7.12.